The van der Waals surface area contributed by atoms with Crippen LogP contribution in [-0.2, 0) is 6.42 Å². The summed E-state index contributed by atoms with van der Waals surface area (Å²) in [6.45, 7) is 6.50. The minimum atomic E-state index is 0.492. The number of rotatable bonds is 6. The van der Waals surface area contributed by atoms with E-state index in [2.05, 4.69) is 13.8 Å². The van der Waals surface area contributed by atoms with E-state index in [-0.39, 0.29) is 0 Å². The molecule has 1 nitrogen and oxygen atoms in total. The Bertz CT molecular complexity index is 315. The number of phenols is 1. The van der Waals surface area contributed by atoms with Crippen LogP contribution in [0.15, 0.2) is 18.2 Å². The summed E-state index contributed by atoms with van der Waals surface area (Å²) in [5.74, 6) is 1.30. The van der Waals surface area contributed by atoms with Crippen LogP contribution in [0, 0.1) is 12.8 Å². The zero-order chi connectivity index (χ0) is 12.0. The van der Waals surface area contributed by atoms with E-state index in [1.807, 2.05) is 25.1 Å². The third-order valence-electron chi connectivity index (χ3n) is 3.05. The molecule has 1 aromatic carbocycles. The highest BCUT2D eigenvalue weighted by Gasteiger charge is 2.03. The van der Waals surface area contributed by atoms with E-state index in [4.69, 9.17) is 0 Å². The Labute approximate surface area is 99.5 Å². The first-order chi connectivity index (χ1) is 7.61. The van der Waals surface area contributed by atoms with Crippen molar-refractivity contribution in [2.75, 3.05) is 0 Å². The lowest BCUT2D eigenvalue weighted by atomic mass is 10.0. The number of hydrogen-bond donors (Lipinski definition) is 1. The Morgan fingerprint density at radius 2 is 1.88 bits per heavy atom. The fourth-order valence-corrected chi connectivity index (χ4v) is 1.97. The molecule has 16 heavy (non-hydrogen) atoms. The van der Waals surface area contributed by atoms with Gasteiger partial charge in [0.1, 0.15) is 5.75 Å². The predicted octanol–water partition coefficient (Wildman–Crippen LogP) is 4.46. The van der Waals surface area contributed by atoms with Crippen LogP contribution in [0.25, 0.3) is 0 Å². The Kier molecular flexibility index (Phi) is 5.37. The van der Waals surface area contributed by atoms with E-state index in [1.165, 1.54) is 25.7 Å². The monoisotopic (exact) mass is 220 g/mol. The van der Waals surface area contributed by atoms with Gasteiger partial charge < -0.3 is 5.11 Å². The molecular formula is C15H24O. The standard InChI is InChI=1S/C15H24O/c1-12(2)8-5-4-6-10-14-11-7-9-13(3)15(14)16/h7,9,11-12,16H,4-6,8,10H2,1-3H3. The second-order valence-electron chi connectivity index (χ2n) is 5.08. The second kappa shape index (κ2) is 6.57. The summed E-state index contributed by atoms with van der Waals surface area (Å²) in [7, 11) is 0. The molecule has 0 fully saturated rings. The van der Waals surface area contributed by atoms with E-state index < -0.39 is 0 Å². The third kappa shape index (κ3) is 4.26. The van der Waals surface area contributed by atoms with Gasteiger partial charge in [0, 0.05) is 0 Å². The van der Waals surface area contributed by atoms with E-state index in [0.29, 0.717) is 5.75 Å². The van der Waals surface area contributed by atoms with Gasteiger partial charge in [0.25, 0.3) is 0 Å². The maximum absolute atomic E-state index is 9.84. The highest BCUT2D eigenvalue weighted by molar-refractivity contribution is 5.39. The van der Waals surface area contributed by atoms with Crippen LogP contribution >= 0.6 is 0 Å². The lowest BCUT2D eigenvalue weighted by molar-refractivity contribution is 0.461. The average molecular weight is 220 g/mol. The first-order valence-corrected chi connectivity index (χ1v) is 6.38. The van der Waals surface area contributed by atoms with Crippen LogP contribution in [0.3, 0.4) is 0 Å². The molecule has 90 valence electrons. The van der Waals surface area contributed by atoms with E-state index in [9.17, 15) is 5.11 Å². The van der Waals surface area contributed by atoms with Gasteiger partial charge >= 0.3 is 0 Å². The molecular weight excluding hydrogens is 196 g/mol. The smallest absolute Gasteiger partial charge is 0.121 e. The van der Waals surface area contributed by atoms with Gasteiger partial charge in [-0.2, -0.15) is 0 Å². The maximum Gasteiger partial charge on any atom is 0.121 e. The molecule has 1 heteroatoms. The molecule has 0 saturated heterocycles. The number of aryl methyl sites for hydroxylation is 2. The number of aromatic hydroxyl groups is 1. The van der Waals surface area contributed by atoms with Crippen LogP contribution < -0.4 is 0 Å². The molecule has 0 atom stereocenters. The Morgan fingerprint density at radius 3 is 2.56 bits per heavy atom. The van der Waals surface area contributed by atoms with Crippen molar-refractivity contribution < 1.29 is 5.11 Å². The minimum Gasteiger partial charge on any atom is -0.507 e. The van der Waals surface area contributed by atoms with Crippen molar-refractivity contribution in [1.29, 1.82) is 0 Å². The summed E-state index contributed by atoms with van der Waals surface area (Å²) in [6, 6.07) is 6.01. The number of benzene rings is 1. The molecule has 0 radical (unpaired) electrons. The lowest BCUT2D eigenvalue weighted by Gasteiger charge is -2.07. The molecule has 0 aliphatic heterocycles. The quantitative estimate of drug-likeness (QED) is 0.702. The fraction of sp³-hybridized carbons (Fsp3) is 0.600. The van der Waals surface area contributed by atoms with Crippen molar-refractivity contribution in [3.8, 4) is 5.75 Å². The first-order valence-electron chi connectivity index (χ1n) is 6.38. The largest absolute Gasteiger partial charge is 0.507 e. The van der Waals surface area contributed by atoms with Crippen molar-refractivity contribution in [1.82, 2.24) is 0 Å². The fourth-order valence-electron chi connectivity index (χ4n) is 1.97. The van der Waals surface area contributed by atoms with Crippen LogP contribution in [-0.4, -0.2) is 5.11 Å². The molecule has 0 amide bonds. The van der Waals surface area contributed by atoms with E-state index in [0.717, 1.165) is 23.5 Å². The van der Waals surface area contributed by atoms with Gasteiger partial charge in [-0.05, 0) is 36.8 Å². The van der Waals surface area contributed by atoms with Crippen LogP contribution in [0.1, 0.15) is 50.7 Å². The molecule has 0 saturated carbocycles. The molecule has 0 aromatic heterocycles. The van der Waals surface area contributed by atoms with Gasteiger partial charge in [0.15, 0.2) is 0 Å². The number of para-hydroxylation sites is 1. The zero-order valence-corrected chi connectivity index (χ0v) is 10.8. The highest BCUT2D eigenvalue weighted by Crippen LogP contribution is 2.23. The van der Waals surface area contributed by atoms with Gasteiger partial charge in [0.2, 0.25) is 0 Å². The lowest BCUT2D eigenvalue weighted by Crippen LogP contribution is -1.91. The van der Waals surface area contributed by atoms with Gasteiger partial charge in [-0.3, -0.25) is 0 Å². The molecule has 0 aliphatic carbocycles. The van der Waals surface area contributed by atoms with Crippen LogP contribution in [0.5, 0.6) is 5.75 Å². The van der Waals surface area contributed by atoms with Gasteiger partial charge in [-0.15, -0.1) is 0 Å². The zero-order valence-electron chi connectivity index (χ0n) is 10.8. The summed E-state index contributed by atoms with van der Waals surface area (Å²) in [4.78, 5) is 0. The van der Waals surface area contributed by atoms with Crippen LogP contribution in [0.4, 0.5) is 0 Å². The minimum absolute atomic E-state index is 0.492. The maximum atomic E-state index is 9.84. The SMILES string of the molecule is Cc1cccc(CCCCCC(C)C)c1O. The Morgan fingerprint density at radius 1 is 1.12 bits per heavy atom. The van der Waals surface area contributed by atoms with E-state index >= 15 is 0 Å². The Hall–Kier alpha value is -0.980. The van der Waals surface area contributed by atoms with E-state index in [1.54, 1.807) is 0 Å². The summed E-state index contributed by atoms with van der Waals surface area (Å²) in [6.07, 6.45) is 6.09. The molecule has 0 aliphatic rings. The first kappa shape index (κ1) is 13.1. The summed E-state index contributed by atoms with van der Waals surface area (Å²) < 4.78 is 0. The van der Waals surface area contributed by atoms with Gasteiger partial charge in [-0.25, -0.2) is 0 Å². The molecule has 0 unspecified atom stereocenters. The highest BCUT2D eigenvalue weighted by atomic mass is 16.3. The molecule has 1 N–H and O–H groups in total. The summed E-state index contributed by atoms with van der Waals surface area (Å²) in [5.41, 5.74) is 2.09. The third-order valence-corrected chi connectivity index (χ3v) is 3.05. The van der Waals surface area contributed by atoms with Crippen LogP contribution in [0.2, 0.25) is 0 Å². The predicted molar refractivity (Wildman–Crippen MR) is 69.9 cm³/mol. The van der Waals surface area contributed by atoms with Crippen molar-refractivity contribution in [2.45, 2.75) is 52.9 Å². The average Bonchev–Trinajstić information content (AvgIpc) is 2.23. The Balaban J connectivity index is 2.29. The van der Waals surface area contributed by atoms with Gasteiger partial charge in [-0.1, -0.05) is 51.3 Å². The summed E-state index contributed by atoms with van der Waals surface area (Å²) in [5, 5.41) is 9.84. The topological polar surface area (TPSA) is 20.2 Å². The molecule has 0 heterocycles. The molecule has 1 aromatic rings. The van der Waals surface area contributed by atoms with Crippen molar-refractivity contribution >= 4 is 0 Å². The molecule has 0 spiro atoms. The summed E-state index contributed by atoms with van der Waals surface area (Å²) >= 11 is 0. The van der Waals surface area contributed by atoms with Crippen molar-refractivity contribution in [3.63, 3.8) is 0 Å². The van der Waals surface area contributed by atoms with Crippen molar-refractivity contribution in [3.05, 3.63) is 29.3 Å². The number of unbranched alkanes of at least 4 members (excludes halogenated alkanes) is 2. The number of hydrogen-bond acceptors (Lipinski definition) is 1. The van der Waals surface area contributed by atoms with Crippen molar-refractivity contribution in [2.24, 2.45) is 5.92 Å². The molecule has 1 rings (SSSR count). The second-order valence-corrected chi connectivity index (χ2v) is 5.08. The van der Waals surface area contributed by atoms with Gasteiger partial charge in [0.05, 0.1) is 0 Å². The molecule has 0 bridgehead atoms. The normalized spacial score (nSPS) is 11.0. The number of phenolic OH excluding ortho intramolecular Hbond substituents is 1.